The van der Waals surface area contributed by atoms with Crippen molar-refractivity contribution in [2.75, 3.05) is 26.7 Å². The summed E-state index contributed by atoms with van der Waals surface area (Å²) in [7, 11) is 1.97. The Labute approximate surface area is 68.6 Å². The van der Waals surface area contributed by atoms with Gasteiger partial charge in [0.15, 0.2) is 0 Å². The van der Waals surface area contributed by atoms with Crippen LogP contribution in [0.25, 0.3) is 0 Å². The summed E-state index contributed by atoms with van der Waals surface area (Å²) in [5.41, 5.74) is 5.35. The molecule has 0 heterocycles. The van der Waals surface area contributed by atoms with Crippen LogP contribution in [0.2, 0.25) is 0 Å². The van der Waals surface area contributed by atoms with Gasteiger partial charge in [0.25, 0.3) is 0 Å². The van der Waals surface area contributed by atoms with Gasteiger partial charge in [-0.25, -0.2) is 4.58 Å². The molecule has 11 heavy (non-hydrogen) atoms. The lowest BCUT2D eigenvalue weighted by atomic mass is 10.4. The van der Waals surface area contributed by atoms with Gasteiger partial charge < -0.3 is 5.73 Å². The van der Waals surface area contributed by atoms with Crippen molar-refractivity contribution >= 4 is 6.01 Å². The maximum Gasteiger partial charge on any atom is 0.306 e. The molecule has 0 saturated heterocycles. The van der Waals surface area contributed by atoms with E-state index in [0.717, 1.165) is 32.5 Å². The predicted molar refractivity (Wildman–Crippen MR) is 47.3 cm³/mol. The molecule has 64 valence electrons. The van der Waals surface area contributed by atoms with Gasteiger partial charge in [0.2, 0.25) is 0 Å². The van der Waals surface area contributed by atoms with E-state index in [9.17, 15) is 0 Å². The van der Waals surface area contributed by atoms with Crippen LogP contribution in [-0.2, 0) is 0 Å². The van der Waals surface area contributed by atoms with Gasteiger partial charge in [0.05, 0.1) is 13.6 Å². The molecule has 0 rings (SSSR count). The monoisotopic (exact) mass is 156 g/mol. The first-order valence-electron chi connectivity index (χ1n) is 4.14. The molecule has 2 N–H and O–H groups in total. The topological polar surface area (TPSA) is 41.4 Å². The Morgan fingerprint density at radius 2 is 2.27 bits per heavy atom. The van der Waals surface area contributed by atoms with Crippen molar-refractivity contribution in [1.82, 2.24) is 0 Å². The van der Waals surface area contributed by atoms with Crippen LogP contribution in [0, 0.1) is 0 Å². The summed E-state index contributed by atoms with van der Waals surface area (Å²) in [6.07, 6.45) is 2.09. The summed E-state index contributed by atoms with van der Waals surface area (Å²) in [5, 5.41) is 0. The largest absolute Gasteiger partial charge is 0.330 e. The molecule has 0 aliphatic heterocycles. The van der Waals surface area contributed by atoms with E-state index in [0.29, 0.717) is 0 Å². The molecule has 0 aromatic heterocycles. The van der Waals surface area contributed by atoms with E-state index in [4.69, 9.17) is 5.73 Å². The average molecular weight is 156 g/mol. The van der Waals surface area contributed by atoms with Gasteiger partial charge in [0.1, 0.15) is 6.54 Å². The Kier molecular flexibility index (Phi) is 7.00. The molecule has 0 aliphatic rings. The molecule has 0 unspecified atom stereocenters. The quantitative estimate of drug-likeness (QED) is 0.458. The van der Waals surface area contributed by atoms with Gasteiger partial charge in [-0.15, -0.1) is 0 Å². The molecule has 0 aromatic rings. The van der Waals surface area contributed by atoms with E-state index in [2.05, 4.69) is 17.9 Å². The van der Waals surface area contributed by atoms with Gasteiger partial charge in [0, 0.05) is 0 Å². The molecule has 0 aliphatic carbocycles. The van der Waals surface area contributed by atoms with Crippen molar-refractivity contribution in [3.63, 3.8) is 0 Å². The third-order valence-corrected chi connectivity index (χ3v) is 1.27. The molecular formula is C8H18N3+. The van der Waals surface area contributed by atoms with Crippen molar-refractivity contribution < 1.29 is 4.58 Å². The minimum absolute atomic E-state index is 0.736. The second-order valence-electron chi connectivity index (χ2n) is 2.55. The summed E-state index contributed by atoms with van der Waals surface area (Å²) in [6.45, 7) is 4.65. The summed E-state index contributed by atoms with van der Waals surface area (Å²) in [5.74, 6) is 0. The second-order valence-corrected chi connectivity index (χ2v) is 2.55. The van der Waals surface area contributed by atoms with Crippen LogP contribution in [0.3, 0.4) is 0 Å². The Morgan fingerprint density at radius 3 is 2.82 bits per heavy atom. The smallest absolute Gasteiger partial charge is 0.306 e. The van der Waals surface area contributed by atoms with E-state index in [1.54, 1.807) is 0 Å². The number of nitrogens with zero attached hydrogens (tertiary/aromatic N) is 2. The van der Waals surface area contributed by atoms with Crippen LogP contribution >= 0.6 is 0 Å². The molecule has 0 atom stereocenters. The zero-order valence-corrected chi connectivity index (χ0v) is 7.51. The molecule has 0 spiro atoms. The van der Waals surface area contributed by atoms with E-state index < -0.39 is 0 Å². The first-order valence-corrected chi connectivity index (χ1v) is 4.14. The fourth-order valence-corrected chi connectivity index (χ4v) is 0.661. The highest BCUT2D eigenvalue weighted by Gasteiger charge is 1.89. The lowest BCUT2D eigenvalue weighted by Crippen LogP contribution is -2.11. The first kappa shape index (κ1) is 10.3. The van der Waals surface area contributed by atoms with Gasteiger partial charge >= 0.3 is 6.01 Å². The van der Waals surface area contributed by atoms with Crippen molar-refractivity contribution in [3.05, 3.63) is 0 Å². The van der Waals surface area contributed by atoms with Gasteiger partial charge in [-0.3, -0.25) is 0 Å². The van der Waals surface area contributed by atoms with E-state index in [1.807, 2.05) is 11.6 Å². The van der Waals surface area contributed by atoms with Crippen molar-refractivity contribution in [2.45, 2.75) is 19.8 Å². The third-order valence-electron chi connectivity index (χ3n) is 1.27. The number of rotatable bonds is 5. The Hall–Kier alpha value is -0.660. The third kappa shape index (κ3) is 7.23. The molecule has 0 radical (unpaired) electrons. The van der Waals surface area contributed by atoms with Crippen LogP contribution in [0.15, 0.2) is 4.99 Å². The Morgan fingerprint density at radius 1 is 1.55 bits per heavy atom. The molecule has 0 fully saturated rings. The zero-order chi connectivity index (χ0) is 8.53. The molecule has 0 aromatic carbocycles. The van der Waals surface area contributed by atoms with E-state index in [1.165, 1.54) is 0 Å². The second kappa shape index (κ2) is 7.45. The van der Waals surface area contributed by atoms with Gasteiger partial charge in [-0.1, -0.05) is 6.92 Å². The zero-order valence-electron chi connectivity index (χ0n) is 7.51. The van der Waals surface area contributed by atoms with Crippen LogP contribution < -0.4 is 5.73 Å². The lowest BCUT2D eigenvalue weighted by molar-refractivity contribution is -0.491. The summed E-state index contributed by atoms with van der Waals surface area (Å²) in [6, 6.07) is 2.92. The average Bonchev–Trinajstić information content (AvgIpc) is 2.01. The van der Waals surface area contributed by atoms with Crippen molar-refractivity contribution in [3.8, 4) is 0 Å². The maximum atomic E-state index is 5.35. The number of aliphatic imine (C=N–C) groups is 1. The summed E-state index contributed by atoms with van der Waals surface area (Å²) >= 11 is 0. The fraction of sp³-hybridized carbons (Fsp3) is 0.875. The highest BCUT2D eigenvalue weighted by atomic mass is 15.0. The van der Waals surface area contributed by atoms with E-state index in [-0.39, 0.29) is 0 Å². The number of hydrogen-bond donors (Lipinski definition) is 1. The molecule has 0 saturated carbocycles. The summed E-state index contributed by atoms with van der Waals surface area (Å²) in [4.78, 5) is 4.08. The van der Waals surface area contributed by atoms with Crippen LogP contribution in [0.5, 0.6) is 0 Å². The molecule has 0 amide bonds. The molecular weight excluding hydrogens is 138 g/mol. The van der Waals surface area contributed by atoms with Crippen LogP contribution in [-0.4, -0.2) is 37.3 Å². The van der Waals surface area contributed by atoms with Crippen LogP contribution in [0.1, 0.15) is 19.8 Å². The Balaban J connectivity index is 3.60. The first-order chi connectivity index (χ1) is 5.31. The molecule has 3 nitrogen and oxygen atoms in total. The van der Waals surface area contributed by atoms with Crippen LogP contribution in [0.4, 0.5) is 0 Å². The SMILES string of the molecule is CCCN=C=[N+](C)CCCN. The van der Waals surface area contributed by atoms with Crippen molar-refractivity contribution in [2.24, 2.45) is 10.7 Å². The maximum absolute atomic E-state index is 5.35. The van der Waals surface area contributed by atoms with Gasteiger partial charge in [-0.05, 0) is 24.4 Å². The minimum Gasteiger partial charge on any atom is -0.330 e. The minimum atomic E-state index is 0.736. The highest BCUT2D eigenvalue weighted by molar-refractivity contribution is 5.33. The standard InChI is InChI=1S/C8H18N3/c1-3-6-10-8-11(2)7-4-5-9/h3-7,9H2,1-2H3/q+1. The van der Waals surface area contributed by atoms with E-state index >= 15 is 0 Å². The number of hydrogen-bond acceptors (Lipinski definition) is 2. The normalized spacial score (nSPS) is 9.00. The summed E-state index contributed by atoms with van der Waals surface area (Å²) < 4.78 is 1.95. The number of nitrogens with two attached hydrogens (primary N) is 1. The lowest BCUT2D eigenvalue weighted by Gasteiger charge is -1.91. The van der Waals surface area contributed by atoms with Gasteiger partial charge in [-0.2, -0.15) is 0 Å². The Bertz CT molecular complexity index is 145. The predicted octanol–water partition coefficient (Wildman–Crippen LogP) is 0.561. The molecule has 0 bridgehead atoms. The van der Waals surface area contributed by atoms with Crippen molar-refractivity contribution in [1.29, 1.82) is 0 Å². The molecule has 3 heteroatoms. The highest BCUT2D eigenvalue weighted by Crippen LogP contribution is 1.76. The fourth-order valence-electron chi connectivity index (χ4n) is 0.661.